The van der Waals surface area contributed by atoms with Crippen molar-refractivity contribution >= 4 is 11.8 Å². The molecule has 2 aliphatic rings. The van der Waals surface area contributed by atoms with Crippen LogP contribution < -0.4 is 5.32 Å². The molecule has 132 valence electrons. The van der Waals surface area contributed by atoms with E-state index in [0.717, 1.165) is 51.9 Å². The molecule has 0 atom stereocenters. The van der Waals surface area contributed by atoms with Gasteiger partial charge in [0.2, 0.25) is 11.8 Å². The molecule has 7 heteroatoms. The lowest BCUT2D eigenvalue weighted by Crippen LogP contribution is -2.49. The average molecular weight is 333 g/mol. The van der Waals surface area contributed by atoms with E-state index in [0.29, 0.717) is 12.5 Å². The summed E-state index contributed by atoms with van der Waals surface area (Å²) in [6.45, 7) is 5.46. The van der Waals surface area contributed by atoms with Gasteiger partial charge in [-0.05, 0) is 44.8 Å². The zero-order valence-electron chi connectivity index (χ0n) is 14.3. The van der Waals surface area contributed by atoms with Crippen molar-refractivity contribution in [1.29, 1.82) is 0 Å². The van der Waals surface area contributed by atoms with Gasteiger partial charge in [-0.2, -0.15) is 5.10 Å². The SMILES string of the molecule is CC(=O)N1CCC(NC(=O)CN2CCC(c3ccn[nH]3)CC2)CC1. The number of hydrogen-bond donors (Lipinski definition) is 2. The van der Waals surface area contributed by atoms with Gasteiger partial charge in [0.1, 0.15) is 0 Å². The summed E-state index contributed by atoms with van der Waals surface area (Å²) >= 11 is 0. The van der Waals surface area contributed by atoms with Crippen LogP contribution in [-0.2, 0) is 9.59 Å². The monoisotopic (exact) mass is 333 g/mol. The molecule has 3 heterocycles. The standard InChI is InChI=1S/C17H27N5O2/c1-13(23)22-10-5-15(6-11-22)19-17(24)12-21-8-3-14(4-9-21)16-2-7-18-20-16/h2,7,14-15H,3-6,8-12H2,1H3,(H,18,20)(H,19,24). The van der Waals surface area contributed by atoms with Crippen LogP contribution in [0.1, 0.15) is 44.2 Å². The highest BCUT2D eigenvalue weighted by atomic mass is 16.2. The summed E-state index contributed by atoms with van der Waals surface area (Å²) in [5, 5.41) is 10.2. The van der Waals surface area contributed by atoms with Crippen molar-refractivity contribution in [2.45, 2.75) is 44.6 Å². The number of aromatic nitrogens is 2. The van der Waals surface area contributed by atoms with Gasteiger partial charge in [-0.15, -0.1) is 0 Å². The third-order valence-electron chi connectivity index (χ3n) is 5.22. The number of nitrogens with one attached hydrogen (secondary N) is 2. The Hall–Kier alpha value is -1.89. The zero-order chi connectivity index (χ0) is 16.9. The lowest BCUT2D eigenvalue weighted by atomic mass is 9.94. The van der Waals surface area contributed by atoms with Gasteiger partial charge in [-0.25, -0.2) is 0 Å². The van der Waals surface area contributed by atoms with Gasteiger partial charge in [-0.1, -0.05) is 0 Å². The molecule has 0 aromatic carbocycles. The number of piperidine rings is 2. The number of hydrogen-bond acceptors (Lipinski definition) is 4. The molecule has 24 heavy (non-hydrogen) atoms. The summed E-state index contributed by atoms with van der Waals surface area (Å²) in [6.07, 6.45) is 5.63. The van der Waals surface area contributed by atoms with Crippen LogP contribution in [0.4, 0.5) is 0 Å². The van der Waals surface area contributed by atoms with E-state index in [1.165, 1.54) is 5.69 Å². The lowest BCUT2D eigenvalue weighted by molar-refractivity contribution is -0.130. The fourth-order valence-corrected chi connectivity index (χ4v) is 3.71. The van der Waals surface area contributed by atoms with E-state index in [9.17, 15) is 9.59 Å². The largest absolute Gasteiger partial charge is 0.352 e. The first-order valence-electron chi connectivity index (χ1n) is 8.88. The second-order valence-corrected chi connectivity index (χ2v) is 6.91. The number of H-pyrrole nitrogens is 1. The predicted octanol–water partition coefficient (Wildman–Crippen LogP) is 0.716. The van der Waals surface area contributed by atoms with Crippen LogP contribution in [0.3, 0.4) is 0 Å². The minimum Gasteiger partial charge on any atom is -0.352 e. The quantitative estimate of drug-likeness (QED) is 0.850. The summed E-state index contributed by atoms with van der Waals surface area (Å²) in [7, 11) is 0. The van der Waals surface area contributed by atoms with Crippen LogP contribution in [0.25, 0.3) is 0 Å². The number of aromatic amines is 1. The Labute approximate surface area is 142 Å². The number of amides is 2. The maximum atomic E-state index is 12.3. The first-order chi connectivity index (χ1) is 11.6. The molecule has 0 saturated carbocycles. The van der Waals surface area contributed by atoms with Crippen LogP contribution in [0, 0.1) is 0 Å². The molecule has 2 aliphatic heterocycles. The van der Waals surface area contributed by atoms with E-state index in [-0.39, 0.29) is 17.9 Å². The van der Waals surface area contributed by atoms with E-state index < -0.39 is 0 Å². The Morgan fingerprint density at radius 3 is 2.50 bits per heavy atom. The molecule has 2 fully saturated rings. The summed E-state index contributed by atoms with van der Waals surface area (Å²) < 4.78 is 0. The van der Waals surface area contributed by atoms with Gasteiger partial charge in [0, 0.05) is 43.9 Å². The van der Waals surface area contributed by atoms with E-state index in [1.807, 2.05) is 11.0 Å². The molecule has 7 nitrogen and oxygen atoms in total. The van der Waals surface area contributed by atoms with Crippen molar-refractivity contribution in [1.82, 2.24) is 25.3 Å². The Morgan fingerprint density at radius 1 is 1.21 bits per heavy atom. The van der Waals surface area contributed by atoms with Gasteiger partial charge in [-0.3, -0.25) is 19.6 Å². The van der Waals surface area contributed by atoms with E-state index >= 15 is 0 Å². The van der Waals surface area contributed by atoms with Crippen molar-refractivity contribution in [3.63, 3.8) is 0 Å². The maximum absolute atomic E-state index is 12.3. The first-order valence-corrected chi connectivity index (χ1v) is 8.88. The average Bonchev–Trinajstić information content (AvgIpc) is 3.10. The molecule has 1 aromatic rings. The van der Waals surface area contributed by atoms with Gasteiger partial charge < -0.3 is 10.2 Å². The van der Waals surface area contributed by atoms with E-state index in [4.69, 9.17) is 0 Å². The first kappa shape index (κ1) is 17.0. The third kappa shape index (κ3) is 4.35. The summed E-state index contributed by atoms with van der Waals surface area (Å²) in [5.41, 5.74) is 1.20. The molecular weight excluding hydrogens is 306 g/mol. The molecule has 0 aliphatic carbocycles. The molecule has 3 rings (SSSR count). The van der Waals surface area contributed by atoms with Crippen LogP contribution in [-0.4, -0.2) is 70.6 Å². The number of rotatable bonds is 4. The minimum absolute atomic E-state index is 0.108. The smallest absolute Gasteiger partial charge is 0.234 e. The molecule has 2 amide bonds. The second kappa shape index (κ2) is 7.79. The van der Waals surface area contributed by atoms with Crippen LogP contribution in [0.15, 0.2) is 12.3 Å². The molecular formula is C17H27N5O2. The fourth-order valence-electron chi connectivity index (χ4n) is 3.71. The van der Waals surface area contributed by atoms with Crippen molar-refractivity contribution in [2.75, 3.05) is 32.7 Å². The molecule has 2 N–H and O–H groups in total. The van der Waals surface area contributed by atoms with Crippen molar-refractivity contribution < 1.29 is 9.59 Å². The molecule has 0 radical (unpaired) electrons. The Bertz CT molecular complexity index is 543. The fraction of sp³-hybridized carbons (Fsp3) is 0.706. The molecule has 0 unspecified atom stereocenters. The van der Waals surface area contributed by atoms with Crippen molar-refractivity contribution in [2.24, 2.45) is 0 Å². The summed E-state index contributed by atoms with van der Waals surface area (Å²) in [5.74, 6) is 0.763. The third-order valence-corrected chi connectivity index (χ3v) is 5.22. The lowest BCUT2D eigenvalue weighted by Gasteiger charge is -2.33. The molecule has 0 spiro atoms. The van der Waals surface area contributed by atoms with Gasteiger partial charge in [0.25, 0.3) is 0 Å². The molecule has 1 aromatic heterocycles. The highest BCUT2D eigenvalue weighted by molar-refractivity contribution is 5.78. The Balaban J connectivity index is 1.36. The van der Waals surface area contributed by atoms with E-state index in [1.54, 1.807) is 13.1 Å². The topological polar surface area (TPSA) is 81.3 Å². The Morgan fingerprint density at radius 2 is 1.92 bits per heavy atom. The second-order valence-electron chi connectivity index (χ2n) is 6.91. The minimum atomic E-state index is 0.108. The number of likely N-dealkylation sites (tertiary alicyclic amines) is 2. The van der Waals surface area contributed by atoms with Crippen molar-refractivity contribution in [3.05, 3.63) is 18.0 Å². The van der Waals surface area contributed by atoms with E-state index in [2.05, 4.69) is 20.4 Å². The number of nitrogens with zero attached hydrogens (tertiary/aromatic N) is 3. The summed E-state index contributed by atoms with van der Waals surface area (Å²) in [4.78, 5) is 27.7. The normalized spacial score (nSPS) is 21.0. The van der Waals surface area contributed by atoms with Gasteiger partial charge >= 0.3 is 0 Å². The van der Waals surface area contributed by atoms with Gasteiger partial charge in [0.05, 0.1) is 6.54 Å². The predicted molar refractivity (Wildman–Crippen MR) is 90.4 cm³/mol. The Kier molecular flexibility index (Phi) is 5.50. The number of carbonyl (C=O) groups is 2. The highest BCUT2D eigenvalue weighted by Gasteiger charge is 2.25. The molecule has 0 bridgehead atoms. The van der Waals surface area contributed by atoms with Crippen LogP contribution in [0.2, 0.25) is 0 Å². The van der Waals surface area contributed by atoms with Crippen molar-refractivity contribution in [3.8, 4) is 0 Å². The zero-order valence-corrected chi connectivity index (χ0v) is 14.3. The van der Waals surface area contributed by atoms with Crippen LogP contribution >= 0.6 is 0 Å². The highest BCUT2D eigenvalue weighted by Crippen LogP contribution is 2.25. The van der Waals surface area contributed by atoms with Crippen LogP contribution in [0.5, 0.6) is 0 Å². The number of carbonyl (C=O) groups excluding carboxylic acids is 2. The maximum Gasteiger partial charge on any atom is 0.234 e. The molecule has 2 saturated heterocycles. The van der Waals surface area contributed by atoms with Gasteiger partial charge in [0.15, 0.2) is 0 Å². The summed E-state index contributed by atoms with van der Waals surface area (Å²) in [6, 6.07) is 2.25.